The second kappa shape index (κ2) is 6.54. The Labute approximate surface area is 139 Å². The molecule has 2 aromatic carbocycles. The van der Waals surface area contributed by atoms with Crippen molar-refractivity contribution >= 4 is 22.5 Å². The molecule has 24 heavy (non-hydrogen) atoms. The SMILES string of the molecule is COc1ccc2[nH]cc(C(=O)Nc3ccc(OC)c(OC)c3)c2c1. The largest absolute Gasteiger partial charge is 0.497 e. The van der Waals surface area contributed by atoms with E-state index in [1.54, 1.807) is 45.7 Å². The van der Waals surface area contributed by atoms with E-state index in [1.165, 1.54) is 0 Å². The number of hydrogen-bond acceptors (Lipinski definition) is 4. The number of benzene rings is 2. The summed E-state index contributed by atoms with van der Waals surface area (Å²) in [6, 6.07) is 10.8. The monoisotopic (exact) mass is 326 g/mol. The van der Waals surface area contributed by atoms with Gasteiger partial charge in [-0.25, -0.2) is 0 Å². The first-order valence-electron chi connectivity index (χ1n) is 7.34. The Morgan fingerprint density at radius 2 is 1.75 bits per heavy atom. The zero-order chi connectivity index (χ0) is 17.1. The number of aromatic amines is 1. The highest BCUT2D eigenvalue weighted by Gasteiger charge is 2.14. The van der Waals surface area contributed by atoms with Gasteiger partial charge in [-0.1, -0.05) is 0 Å². The van der Waals surface area contributed by atoms with Gasteiger partial charge in [0, 0.05) is 28.9 Å². The van der Waals surface area contributed by atoms with Crippen LogP contribution >= 0.6 is 0 Å². The smallest absolute Gasteiger partial charge is 0.257 e. The molecular formula is C18H18N2O4. The molecule has 0 unspecified atom stereocenters. The number of fused-ring (bicyclic) bond motifs is 1. The Morgan fingerprint density at radius 3 is 2.46 bits per heavy atom. The predicted molar refractivity (Wildman–Crippen MR) is 92.3 cm³/mol. The summed E-state index contributed by atoms with van der Waals surface area (Å²) in [5, 5.41) is 3.66. The molecular weight excluding hydrogens is 308 g/mol. The first kappa shape index (κ1) is 15.7. The predicted octanol–water partition coefficient (Wildman–Crippen LogP) is 3.45. The maximum atomic E-state index is 12.6. The van der Waals surface area contributed by atoms with Crippen LogP contribution in [0.2, 0.25) is 0 Å². The molecule has 0 aliphatic carbocycles. The van der Waals surface area contributed by atoms with Gasteiger partial charge in [0.2, 0.25) is 0 Å². The van der Waals surface area contributed by atoms with E-state index in [4.69, 9.17) is 14.2 Å². The van der Waals surface area contributed by atoms with Crippen molar-refractivity contribution in [3.8, 4) is 17.2 Å². The average Bonchev–Trinajstić information content (AvgIpc) is 3.04. The van der Waals surface area contributed by atoms with Gasteiger partial charge in [0.1, 0.15) is 5.75 Å². The van der Waals surface area contributed by atoms with Crippen LogP contribution in [0.25, 0.3) is 10.9 Å². The third kappa shape index (κ3) is 2.86. The van der Waals surface area contributed by atoms with Crippen molar-refractivity contribution in [2.24, 2.45) is 0 Å². The number of H-pyrrole nitrogens is 1. The summed E-state index contributed by atoms with van der Waals surface area (Å²) in [5.74, 6) is 1.63. The van der Waals surface area contributed by atoms with E-state index in [1.807, 2.05) is 18.2 Å². The number of ether oxygens (including phenoxy) is 3. The van der Waals surface area contributed by atoms with Crippen molar-refractivity contribution in [1.82, 2.24) is 4.98 Å². The van der Waals surface area contributed by atoms with Crippen LogP contribution in [-0.2, 0) is 0 Å². The average molecular weight is 326 g/mol. The quantitative estimate of drug-likeness (QED) is 0.753. The summed E-state index contributed by atoms with van der Waals surface area (Å²) in [5.41, 5.74) is 2.03. The molecule has 6 heteroatoms. The van der Waals surface area contributed by atoms with Crippen LogP contribution in [0.3, 0.4) is 0 Å². The van der Waals surface area contributed by atoms with Crippen LogP contribution in [0.1, 0.15) is 10.4 Å². The summed E-state index contributed by atoms with van der Waals surface area (Å²) in [4.78, 5) is 15.7. The maximum Gasteiger partial charge on any atom is 0.257 e. The van der Waals surface area contributed by atoms with Gasteiger partial charge in [-0.3, -0.25) is 4.79 Å². The number of carbonyl (C=O) groups excluding carboxylic acids is 1. The van der Waals surface area contributed by atoms with E-state index in [0.29, 0.717) is 28.5 Å². The molecule has 2 N–H and O–H groups in total. The standard InChI is InChI=1S/C18H18N2O4/c1-22-12-5-6-15-13(9-12)14(10-19-15)18(21)20-11-4-7-16(23-2)17(8-11)24-3/h4-10,19H,1-3H3,(H,20,21). The minimum Gasteiger partial charge on any atom is -0.497 e. The Bertz CT molecular complexity index is 886. The molecule has 0 aliphatic heterocycles. The summed E-state index contributed by atoms with van der Waals surface area (Å²) in [6.45, 7) is 0. The lowest BCUT2D eigenvalue weighted by atomic mass is 10.1. The molecule has 0 bridgehead atoms. The maximum absolute atomic E-state index is 12.6. The van der Waals surface area contributed by atoms with Crippen LogP contribution < -0.4 is 19.5 Å². The lowest BCUT2D eigenvalue weighted by molar-refractivity contribution is 0.102. The van der Waals surface area contributed by atoms with E-state index in [0.717, 1.165) is 10.9 Å². The summed E-state index contributed by atoms with van der Waals surface area (Å²) in [6.07, 6.45) is 1.68. The molecule has 6 nitrogen and oxygen atoms in total. The number of amides is 1. The molecule has 0 fully saturated rings. The molecule has 0 radical (unpaired) electrons. The molecule has 0 saturated heterocycles. The highest BCUT2D eigenvalue weighted by Crippen LogP contribution is 2.30. The van der Waals surface area contributed by atoms with Crippen molar-refractivity contribution in [3.63, 3.8) is 0 Å². The zero-order valence-electron chi connectivity index (χ0n) is 13.7. The van der Waals surface area contributed by atoms with Crippen LogP contribution in [0.4, 0.5) is 5.69 Å². The van der Waals surface area contributed by atoms with E-state index >= 15 is 0 Å². The Kier molecular flexibility index (Phi) is 4.29. The molecule has 1 heterocycles. The molecule has 0 spiro atoms. The molecule has 3 rings (SSSR count). The van der Waals surface area contributed by atoms with Gasteiger partial charge in [-0.2, -0.15) is 0 Å². The number of rotatable bonds is 5. The fourth-order valence-electron chi connectivity index (χ4n) is 2.53. The third-order valence-electron chi connectivity index (χ3n) is 3.77. The number of aromatic nitrogens is 1. The third-order valence-corrected chi connectivity index (χ3v) is 3.77. The molecule has 124 valence electrons. The highest BCUT2D eigenvalue weighted by molar-refractivity contribution is 6.13. The normalized spacial score (nSPS) is 10.5. The van der Waals surface area contributed by atoms with E-state index < -0.39 is 0 Å². The zero-order valence-corrected chi connectivity index (χ0v) is 13.7. The van der Waals surface area contributed by atoms with Crippen molar-refractivity contribution < 1.29 is 19.0 Å². The first-order chi connectivity index (χ1) is 11.7. The number of nitrogens with one attached hydrogen (secondary N) is 2. The van der Waals surface area contributed by atoms with Gasteiger partial charge in [-0.15, -0.1) is 0 Å². The molecule has 3 aromatic rings. The molecule has 0 aliphatic rings. The van der Waals surface area contributed by atoms with Crippen LogP contribution in [0, 0.1) is 0 Å². The van der Waals surface area contributed by atoms with Crippen LogP contribution in [0.15, 0.2) is 42.6 Å². The Hall–Kier alpha value is -3.15. The second-order valence-corrected chi connectivity index (χ2v) is 5.14. The number of anilines is 1. The number of hydrogen-bond donors (Lipinski definition) is 2. The Morgan fingerprint density at radius 1 is 0.958 bits per heavy atom. The second-order valence-electron chi connectivity index (χ2n) is 5.14. The minimum absolute atomic E-state index is 0.221. The van der Waals surface area contributed by atoms with Crippen LogP contribution in [-0.4, -0.2) is 32.2 Å². The molecule has 0 atom stereocenters. The molecule has 1 aromatic heterocycles. The van der Waals surface area contributed by atoms with Crippen LogP contribution in [0.5, 0.6) is 17.2 Å². The fraction of sp³-hybridized carbons (Fsp3) is 0.167. The lowest BCUT2D eigenvalue weighted by Crippen LogP contribution is -2.11. The molecule has 1 amide bonds. The fourth-order valence-corrected chi connectivity index (χ4v) is 2.53. The topological polar surface area (TPSA) is 72.6 Å². The van der Waals surface area contributed by atoms with Crippen molar-refractivity contribution in [1.29, 1.82) is 0 Å². The first-order valence-corrected chi connectivity index (χ1v) is 7.34. The summed E-state index contributed by atoms with van der Waals surface area (Å²) >= 11 is 0. The van der Waals surface area contributed by atoms with Crippen molar-refractivity contribution in [2.45, 2.75) is 0 Å². The molecule has 0 saturated carbocycles. The van der Waals surface area contributed by atoms with Crippen molar-refractivity contribution in [3.05, 3.63) is 48.2 Å². The Balaban J connectivity index is 1.90. The van der Waals surface area contributed by atoms with E-state index in [9.17, 15) is 4.79 Å². The lowest BCUT2D eigenvalue weighted by Gasteiger charge is -2.10. The van der Waals surface area contributed by atoms with E-state index in [-0.39, 0.29) is 5.91 Å². The van der Waals surface area contributed by atoms with E-state index in [2.05, 4.69) is 10.3 Å². The number of carbonyl (C=O) groups is 1. The van der Waals surface area contributed by atoms with Gasteiger partial charge < -0.3 is 24.5 Å². The van der Waals surface area contributed by atoms with Gasteiger partial charge in [0.15, 0.2) is 11.5 Å². The van der Waals surface area contributed by atoms with Crippen molar-refractivity contribution in [2.75, 3.05) is 26.6 Å². The summed E-state index contributed by atoms with van der Waals surface area (Å²) < 4.78 is 15.7. The van der Waals surface area contributed by atoms with Gasteiger partial charge >= 0.3 is 0 Å². The highest BCUT2D eigenvalue weighted by atomic mass is 16.5. The number of methoxy groups -OCH3 is 3. The minimum atomic E-state index is -0.221. The van der Waals surface area contributed by atoms with Gasteiger partial charge in [0.05, 0.1) is 26.9 Å². The van der Waals surface area contributed by atoms with Gasteiger partial charge in [-0.05, 0) is 30.3 Å². The summed E-state index contributed by atoms with van der Waals surface area (Å²) in [7, 11) is 4.71. The van der Waals surface area contributed by atoms with Gasteiger partial charge in [0.25, 0.3) is 5.91 Å².